The molecule has 163 valence electrons. The molecular formula is C22H45O5. The highest BCUT2D eigenvalue weighted by Gasteiger charge is 1.95. The van der Waals surface area contributed by atoms with Crippen molar-refractivity contribution in [3.63, 3.8) is 0 Å². The van der Waals surface area contributed by atoms with Gasteiger partial charge in [0.15, 0.2) is 0 Å². The van der Waals surface area contributed by atoms with Gasteiger partial charge in [-0.2, -0.15) is 0 Å². The van der Waals surface area contributed by atoms with E-state index in [0.29, 0.717) is 59.5 Å². The monoisotopic (exact) mass is 389 g/mol. The minimum atomic E-state index is 0.486. The molecule has 0 atom stereocenters. The van der Waals surface area contributed by atoms with Crippen molar-refractivity contribution in [1.82, 2.24) is 0 Å². The van der Waals surface area contributed by atoms with E-state index in [0.717, 1.165) is 6.61 Å². The van der Waals surface area contributed by atoms with E-state index < -0.39 is 0 Å². The molecule has 0 bridgehead atoms. The van der Waals surface area contributed by atoms with E-state index in [2.05, 4.69) is 13.8 Å². The fourth-order valence-electron chi connectivity index (χ4n) is 2.67. The van der Waals surface area contributed by atoms with E-state index >= 15 is 0 Å². The summed E-state index contributed by atoms with van der Waals surface area (Å²) in [6, 6.07) is 0. The third-order valence-electron chi connectivity index (χ3n) is 4.27. The van der Waals surface area contributed by atoms with Crippen molar-refractivity contribution in [2.75, 3.05) is 66.1 Å². The lowest BCUT2D eigenvalue weighted by Gasteiger charge is -2.07. The van der Waals surface area contributed by atoms with Crippen molar-refractivity contribution >= 4 is 0 Å². The van der Waals surface area contributed by atoms with Crippen molar-refractivity contribution in [1.29, 1.82) is 0 Å². The summed E-state index contributed by atoms with van der Waals surface area (Å²) in [6.45, 7) is 12.1. The van der Waals surface area contributed by atoms with Crippen molar-refractivity contribution in [3.8, 4) is 0 Å². The van der Waals surface area contributed by atoms with E-state index in [4.69, 9.17) is 23.7 Å². The summed E-state index contributed by atoms with van der Waals surface area (Å²) in [4.78, 5) is 0. The minimum Gasteiger partial charge on any atom is -0.379 e. The van der Waals surface area contributed by atoms with Crippen LogP contribution in [-0.2, 0) is 23.7 Å². The summed E-state index contributed by atoms with van der Waals surface area (Å²) >= 11 is 0. The molecule has 27 heavy (non-hydrogen) atoms. The molecule has 0 rings (SSSR count). The molecule has 0 aromatic heterocycles. The van der Waals surface area contributed by atoms with Gasteiger partial charge in [0, 0.05) is 13.2 Å². The van der Waals surface area contributed by atoms with Crippen LogP contribution < -0.4 is 0 Å². The standard InChI is InChI=1S/C22H45O5/c1-3-5-6-7-8-9-10-11-12-13-14-24-17-18-26-21-22-27-20-19-25-16-15-23-4-2/h2-22H2,1H3. The summed E-state index contributed by atoms with van der Waals surface area (Å²) in [5, 5.41) is 0. The van der Waals surface area contributed by atoms with Gasteiger partial charge >= 0.3 is 0 Å². The van der Waals surface area contributed by atoms with E-state index in [1.165, 1.54) is 64.2 Å². The second kappa shape index (κ2) is 25.8. The summed E-state index contributed by atoms with van der Waals surface area (Å²) < 4.78 is 26.9. The van der Waals surface area contributed by atoms with Gasteiger partial charge in [0.05, 0.1) is 52.9 Å². The molecule has 0 aromatic carbocycles. The predicted molar refractivity (Wildman–Crippen MR) is 111 cm³/mol. The van der Waals surface area contributed by atoms with Crippen LogP contribution in [0.3, 0.4) is 0 Å². The lowest BCUT2D eigenvalue weighted by Crippen LogP contribution is -2.13. The maximum absolute atomic E-state index is 5.60. The molecule has 0 saturated heterocycles. The minimum absolute atomic E-state index is 0.486. The second-order valence-corrected chi connectivity index (χ2v) is 6.74. The molecule has 0 saturated carbocycles. The fourth-order valence-corrected chi connectivity index (χ4v) is 2.67. The Morgan fingerprint density at radius 2 is 0.741 bits per heavy atom. The molecule has 0 aromatic rings. The van der Waals surface area contributed by atoms with Gasteiger partial charge in [0.2, 0.25) is 0 Å². The van der Waals surface area contributed by atoms with Crippen LogP contribution in [0.2, 0.25) is 0 Å². The van der Waals surface area contributed by atoms with Crippen molar-refractivity contribution in [2.24, 2.45) is 0 Å². The molecule has 0 fully saturated rings. The van der Waals surface area contributed by atoms with Crippen LogP contribution in [0.15, 0.2) is 0 Å². The van der Waals surface area contributed by atoms with Crippen molar-refractivity contribution < 1.29 is 23.7 Å². The first-order chi connectivity index (χ1) is 13.4. The molecule has 0 amide bonds. The van der Waals surface area contributed by atoms with E-state index in [-0.39, 0.29) is 0 Å². The Balaban J connectivity index is 2.95. The van der Waals surface area contributed by atoms with Crippen LogP contribution in [-0.4, -0.2) is 66.1 Å². The van der Waals surface area contributed by atoms with Gasteiger partial charge in [-0.25, -0.2) is 0 Å². The summed E-state index contributed by atoms with van der Waals surface area (Å²) in [6.07, 6.45) is 13.6. The quantitative estimate of drug-likeness (QED) is 0.221. The Bertz CT molecular complexity index is 227. The van der Waals surface area contributed by atoms with Gasteiger partial charge in [-0.1, -0.05) is 64.7 Å². The van der Waals surface area contributed by atoms with Crippen LogP contribution in [0.25, 0.3) is 0 Å². The van der Waals surface area contributed by atoms with Crippen molar-refractivity contribution in [2.45, 2.75) is 71.1 Å². The molecule has 0 spiro atoms. The number of unbranched alkanes of at least 4 members (excludes halogenated alkanes) is 9. The lowest BCUT2D eigenvalue weighted by atomic mass is 10.1. The van der Waals surface area contributed by atoms with Crippen molar-refractivity contribution in [3.05, 3.63) is 6.92 Å². The molecule has 0 aliphatic heterocycles. The normalized spacial score (nSPS) is 11.3. The molecule has 0 aliphatic rings. The van der Waals surface area contributed by atoms with Crippen LogP contribution in [0.1, 0.15) is 71.1 Å². The highest BCUT2D eigenvalue weighted by molar-refractivity contribution is 4.47. The number of ether oxygens (including phenoxy) is 5. The van der Waals surface area contributed by atoms with Crippen LogP contribution >= 0.6 is 0 Å². The highest BCUT2D eigenvalue weighted by atomic mass is 16.6. The Morgan fingerprint density at radius 3 is 1.15 bits per heavy atom. The fraction of sp³-hybridized carbons (Fsp3) is 0.955. The Kier molecular flexibility index (Phi) is 25.6. The largest absolute Gasteiger partial charge is 0.379 e. The topological polar surface area (TPSA) is 46.2 Å². The first kappa shape index (κ1) is 26.8. The second-order valence-electron chi connectivity index (χ2n) is 6.74. The van der Waals surface area contributed by atoms with Gasteiger partial charge < -0.3 is 23.7 Å². The zero-order valence-corrected chi connectivity index (χ0v) is 17.9. The Morgan fingerprint density at radius 1 is 0.407 bits per heavy atom. The smallest absolute Gasteiger partial charge is 0.0701 e. The average Bonchev–Trinajstić information content (AvgIpc) is 2.68. The van der Waals surface area contributed by atoms with E-state index in [9.17, 15) is 0 Å². The summed E-state index contributed by atoms with van der Waals surface area (Å²) in [7, 11) is 0. The molecule has 0 N–H and O–H groups in total. The maximum Gasteiger partial charge on any atom is 0.0701 e. The van der Waals surface area contributed by atoms with Gasteiger partial charge in [0.1, 0.15) is 0 Å². The van der Waals surface area contributed by atoms with Gasteiger partial charge in [-0.3, -0.25) is 0 Å². The summed E-state index contributed by atoms with van der Waals surface area (Å²) in [5.41, 5.74) is 0. The number of hydrogen-bond acceptors (Lipinski definition) is 5. The lowest BCUT2D eigenvalue weighted by molar-refractivity contribution is -0.00967. The van der Waals surface area contributed by atoms with Gasteiger partial charge in [-0.15, -0.1) is 0 Å². The number of rotatable bonds is 24. The van der Waals surface area contributed by atoms with Crippen LogP contribution in [0, 0.1) is 6.92 Å². The van der Waals surface area contributed by atoms with Gasteiger partial charge in [0.25, 0.3) is 0 Å². The molecular weight excluding hydrogens is 344 g/mol. The maximum atomic E-state index is 5.60. The third-order valence-corrected chi connectivity index (χ3v) is 4.27. The zero-order chi connectivity index (χ0) is 19.7. The molecule has 5 heteroatoms. The first-order valence-corrected chi connectivity index (χ1v) is 11.1. The highest BCUT2D eigenvalue weighted by Crippen LogP contribution is 2.10. The van der Waals surface area contributed by atoms with E-state index in [1.54, 1.807) is 0 Å². The SMILES string of the molecule is [CH2]COCCOCCOCCOCCOCCCCCCCCCCCC. The van der Waals surface area contributed by atoms with E-state index in [1.807, 2.05) is 0 Å². The molecule has 1 radical (unpaired) electrons. The van der Waals surface area contributed by atoms with Gasteiger partial charge in [-0.05, 0) is 13.3 Å². The molecule has 5 nitrogen and oxygen atoms in total. The van der Waals surface area contributed by atoms with Crippen LogP contribution in [0.5, 0.6) is 0 Å². The predicted octanol–water partition coefficient (Wildman–Crippen LogP) is 4.82. The zero-order valence-electron chi connectivity index (χ0n) is 17.9. The molecule has 0 heterocycles. The summed E-state index contributed by atoms with van der Waals surface area (Å²) in [5.74, 6) is 0. The third kappa shape index (κ3) is 25.8. The average molecular weight is 390 g/mol. The molecule has 0 aliphatic carbocycles. The number of hydrogen-bond donors (Lipinski definition) is 0. The van der Waals surface area contributed by atoms with Crippen LogP contribution in [0.4, 0.5) is 0 Å². The Labute approximate surface area is 168 Å². The molecule has 0 unspecified atom stereocenters. The Hall–Kier alpha value is -0.200. The first-order valence-electron chi connectivity index (χ1n) is 11.1.